The Morgan fingerprint density at radius 3 is 2.72 bits per heavy atom. The molecule has 1 aliphatic heterocycles. The summed E-state index contributed by atoms with van der Waals surface area (Å²) in [5.74, 6) is -0.151. The Bertz CT molecular complexity index is 853. The first-order chi connectivity index (χ1) is 11.9. The summed E-state index contributed by atoms with van der Waals surface area (Å²) in [5, 5.41) is 14.4. The van der Waals surface area contributed by atoms with Crippen LogP contribution in [0.5, 0.6) is 0 Å². The molecule has 0 saturated heterocycles. The van der Waals surface area contributed by atoms with Gasteiger partial charge in [0.05, 0.1) is 11.3 Å². The van der Waals surface area contributed by atoms with E-state index in [2.05, 4.69) is 54.2 Å². The van der Waals surface area contributed by atoms with Crippen LogP contribution in [0.3, 0.4) is 0 Å². The normalized spacial score (nSPS) is 16.6. The van der Waals surface area contributed by atoms with Crippen molar-refractivity contribution in [3.8, 4) is 0 Å². The summed E-state index contributed by atoms with van der Waals surface area (Å²) in [6, 6.07) is 8.19. The minimum Gasteiger partial charge on any atom is -0.396 e. The van der Waals surface area contributed by atoms with E-state index in [0.717, 1.165) is 41.6 Å². The molecule has 5 nitrogen and oxygen atoms in total. The first kappa shape index (κ1) is 17.4. The lowest BCUT2D eigenvalue weighted by Crippen LogP contribution is -2.22. The third kappa shape index (κ3) is 3.51. The van der Waals surface area contributed by atoms with Gasteiger partial charge in [-0.25, -0.2) is 5.43 Å². The molecule has 0 aliphatic carbocycles. The van der Waals surface area contributed by atoms with Crippen molar-refractivity contribution < 1.29 is 9.90 Å². The summed E-state index contributed by atoms with van der Waals surface area (Å²) < 4.78 is 2.19. The molecule has 1 aromatic carbocycles. The number of hydrogen-bond acceptors (Lipinski definition) is 3. The maximum absolute atomic E-state index is 12.3. The Balaban J connectivity index is 2.04. The van der Waals surface area contributed by atoms with Gasteiger partial charge in [0.15, 0.2) is 0 Å². The number of benzene rings is 1. The minimum absolute atomic E-state index is 0.151. The Morgan fingerprint density at radius 2 is 2.00 bits per heavy atom. The quantitative estimate of drug-likeness (QED) is 0.648. The number of para-hydroxylation sites is 1. The van der Waals surface area contributed by atoms with Crippen LogP contribution < -0.4 is 5.43 Å². The van der Waals surface area contributed by atoms with E-state index in [9.17, 15) is 4.79 Å². The number of rotatable bonds is 5. The molecule has 1 amide bonds. The summed E-state index contributed by atoms with van der Waals surface area (Å²) >= 11 is 0. The zero-order chi connectivity index (χ0) is 18.0. The molecule has 0 unspecified atom stereocenters. The number of aromatic nitrogens is 1. The van der Waals surface area contributed by atoms with Gasteiger partial charge in [0, 0.05) is 41.2 Å². The van der Waals surface area contributed by atoms with Crippen LogP contribution in [0.2, 0.25) is 0 Å². The van der Waals surface area contributed by atoms with Gasteiger partial charge in [-0.05, 0) is 25.0 Å². The number of aliphatic hydroxyl groups is 1. The van der Waals surface area contributed by atoms with E-state index in [0.29, 0.717) is 5.57 Å². The lowest BCUT2D eigenvalue weighted by molar-refractivity contribution is -0.116. The zero-order valence-electron chi connectivity index (χ0n) is 15.0. The van der Waals surface area contributed by atoms with Gasteiger partial charge in [0.2, 0.25) is 0 Å². The number of aliphatic hydroxyl groups excluding tert-OH is 1. The molecule has 0 fully saturated rings. The smallest absolute Gasteiger partial charge is 0.273 e. The van der Waals surface area contributed by atoms with Crippen molar-refractivity contribution in [3.05, 3.63) is 41.6 Å². The highest BCUT2D eigenvalue weighted by Gasteiger charge is 2.31. The van der Waals surface area contributed by atoms with Gasteiger partial charge in [-0.15, -0.1) is 0 Å². The topological polar surface area (TPSA) is 66.6 Å². The number of amides is 1. The maximum atomic E-state index is 12.3. The van der Waals surface area contributed by atoms with Gasteiger partial charge in [-0.2, -0.15) is 5.10 Å². The molecular formula is C20H25N3O2. The predicted molar refractivity (Wildman–Crippen MR) is 101 cm³/mol. The molecule has 0 radical (unpaired) electrons. The van der Waals surface area contributed by atoms with Gasteiger partial charge >= 0.3 is 0 Å². The maximum Gasteiger partial charge on any atom is 0.273 e. The monoisotopic (exact) mass is 339 g/mol. The number of fused-ring (bicyclic) bond motifs is 1. The van der Waals surface area contributed by atoms with Crippen LogP contribution in [0.25, 0.3) is 17.0 Å². The van der Waals surface area contributed by atoms with Crippen molar-refractivity contribution in [1.29, 1.82) is 0 Å². The van der Waals surface area contributed by atoms with Gasteiger partial charge in [-0.1, -0.05) is 39.0 Å². The van der Waals surface area contributed by atoms with Crippen LogP contribution in [0.15, 0.2) is 41.1 Å². The molecule has 25 heavy (non-hydrogen) atoms. The van der Waals surface area contributed by atoms with E-state index in [1.807, 2.05) is 18.2 Å². The predicted octanol–water partition coefficient (Wildman–Crippen LogP) is 3.33. The zero-order valence-corrected chi connectivity index (χ0v) is 15.0. The van der Waals surface area contributed by atoms with Crippen LogP contribution in [0, 0.1) is 5.41 Å². The molecular weight excluding hydrogens is 314 g/mol. The van der Waals surface area contributed by atoms with Crippen molar-refractivity contribution in [2.75, 3.05) is 6.61 Å². The molecule has 0 spiro atoms. The Morgan fingerprint density at radius 1 is 1.24 bits per heavy atom. The van der Waals surface area contributed by atoms with Gasteiger partial charge in [0.25, 0.3) is 5.91 Å². The van der Waals surface area contributed by atoms with Crippen molar-refractivity contribution >= 4 is 28.6 Å². The van der Waals surface area contributed by atoms with Crippen molar-refractivity contribution in [2.45, 2.75) is 40.2 Å². The summed E-state index contributed by atoms with van der Waals surface area (Å²) in [4.78, 5) is 12.3. The second-order valence-electron chi connectivity index (χ2n) is 7.44. The first-order valence-electron chi connectivity index (χ1n) is 8.71. The molecule has 1 aromatic heterocycles. The lowest BCUT2D eigenvalue weighted by Gasteiger charge is -2.17. The Kier molecular flexibility index (Phi) is 4.77. The van der Waals surface area contributed by atoms with Gasteiger partial charge in [-0.3, -0.25) is 4.79 Å². The van der Waals surface area contributed by atoms with E-state index in [1.54, 1.807) is 0 Å². The van der Waals surface area contributed by atoms with Gasteiger partial charge in [0.1, 0.15) is 0 Å². The second-order valence-corrected chi connectivity index (χ2v) is 7.44. The van der Waals surface area contributed by atoms with E-state index in [-0.39, 0.29) is 17.9 Å². The molecule has 3 rings (SSSR count). The van der Waals surface area contributed by atoms with Crippen LogP contribution in [0.1, 0.15) is 39.2 Å². The lowest BCUT2D eigenvalue weighted by atomic mass is 9.85. The van der Waals surface area contributed by atoms with Crippen LogP contribution in [-0.4, -0.2) is 27.9 Å². The fourth-order valence-electron chi connectivity index (χ4n) is 3.16. The van der Waals surface area contributed by atoms with Crippen molar-refractivity contribution in [3.63, 3.8) is 0 Å². The summed E-state index contributed by atoms with van der Waals surface area (Å²) in [6.07, 6.45) is 5.73. The number of hydrazone groups is 1. The fourth-order valence-corrected chi connectivity index (χ4v) is 3.16. The Hall–Kier alpha value is -2.40. The molecule has 2 heterocycles. The molecule has 0 saturated carbocycles. The van der Waals surface area contributed by atoms with E-state index in [1.165, 1.54) is 0 Å². The van der Waals surface area contributed by atoms with E-state index < -0.39 is 0 Å². The third-order valence-electron chi connectivity index (χ3n) is 4.41. The minimum atomic E-state index is -0.204. The number of unbranched alkanes of at least 4 members (excludes halogenated alkanes) is 1. The highest BCUT2D eigenvalue weighted by atomic mass is 16.2. The second kappa shape index (κ2) is 6.84. The number of nitrogens with zero attached hydrogens (tertiary/aromatic N) is 2. The van der Waals surface area contributed by atoms with Crippen molar-refractivity contribution in [1.82, 2.24) is 9.99 Å². The average molecular weight is 339 g/mol. The molecule has 2 aromatic rings. The average Bonchev–Trinajstić information content (AvgIpc) is 3.10. The number of nitrogens with one attached hydrogen (secondary N) is 1. The van der Waals surface area contributed by atoms with E-state index in [4.69, 9.17) is 5.11 Å². The van der Waals surface area contributed by atoms with Crippen molar-refractivity contribution in [2.24, 2.45) is 10.5 Å². The van der Waals surface area contributed by atoms with Crippen LogP contribution >= 0.6 is 0 Å². The number of hydrogen-bond donors (Lipinski definition) is 2. The highest BCUT2D eigenvalue weighted by molar-refractivity contribution is 6.29. The number of carbonyl (C=O) groups is 1. The molecule has 0 atom stereocenters. The summed E-state index contributed by atoms with van der Waals surface area (Å²) in [5.41, 5.74) is 5.96. The summed E-state index contributed by atoms with van der Waals surface area (Å²) in [6.45, 7) is 7.21. The van der Waals surface area contributed by atoms with Gasteiger partial charge < -0.3 is 9.67 Å². The molecule has 2 N–H and O–H groups in total. The standard InChI is InChI=1S/C20H25N3O2/c1-20(2,3)18-16(19(25)22-21-18)12-14-13-23(10-6-7-11-24)17-9-5-4-8-15(14)17/h4-5,8-9,12-13,24H,6-7,10-11H2,1-3H3,(H,22,25)/b16-12+. The van der Waals surface area contributed by atoms with Crippen LogP contribution in [-0.2, 0) is 11.3 Å². The number of carbonyl (C=O) groups excluding carboxylic acids is 1. The fraction of sp³-hybridized carbons (Fsp3) is 0.400. The number of aryl methyl sites for hydroxylation is 1. The Labute approximate surface area is 148 Å². The molecule has 0 bridgehead atoms. The molecule has 132 valence electrons. The largest absolute Gasteiger partial charge is 0.396 e. The first-order valence-corrected chi connectivity index (χ1v) is 8.71. The SMILES string of the molecule is CC(C)(C)C1=NNC(=O)/C1=C/c1cn(CCCCO)c2ccccc12. The molecule has 1 aliphatic rings. The summed E-state index contributed by atoms with van der Waals surface area (Å²) in [7, 11) is 0. The molecule has 5 heteroatoms. The highest BCUT2D eigenvalue weighted by Crippen LogP contribution is 2.29. The third-order valence-corrected chi connectivity index (χ3v) is 4.41. The van der Waals surface area contributed by atoms with E-state index >= 15 is 0 Å². The van der Waals surface area contributed by atoms with Crippen LogP contribution in [0.4, 0.5) is 0 Å².